The van der Waals surface area contributed by atoms with Crippen molar-refractivity contribution in [2.75, 3.05) is 0 Å². The van der Waals surface area contributed by atoms with Crippen molar-refractivity contribution in [2.45, 2.75) is 64.5 Å². The number of hydrogen-bond acceptors (Lipinski definition) is 3. The maximum atomic E-state index is 7.23. The van der Waals surface area contributed by atoms with Crippen molar-refractivity contribution in [3.8, 4) is 22.5 Å². The van der Waals surface area contributed by atoms with Crippen molar-refractivity contribution in [1.82, 2.24) is 9.97 Å². The van der Waals surface area contributed by atoms with Gasteiger partial charge in [0.05, 0.1) is 8.07 Å². The molecule has 7 rings (SSSR count). The largest absolute Gasteiger partial charge is 0.305 e. The fourth-order valence-electron chi connectivity index (χ4n) is 5.92. The van der Waals surface area contributed by atoms with Crippen LogP contribution >= 0.6 is 11.3 Å². The molecule has 1 radical (unpaired) electrons. The first-order chi connectivity index (χ1) is 21.6. The molecule has 221 valence electrons. The van der Waals surface area contributed by atoms with Gasteiger partial charge in [0.15, 0.2) is 0 Å². The predicted octanol–water partition coefficient (Wildman–Crippen LogP) is 10.4. The number of hydrogen-bond donors (Lipinski definition) is 0. The fourth-order valence-corrected chi connectivity index (χ4v) is 9.63. The van der Waals surface area contributed by atoms with Crippen LogP contribution in [0.25, 0.3) is 42.7 Å². The summed E-state index contributed by atoms with van der Waals surface area (Å²) in [6.45, 7) is 5.23. The first-order valence-corrected chi connectivity index (χ1v) is 19.2. The molecule has 0 saturated heterocycles. The van der Waals surface area contributed by atoms with Gasteiger partial charge in [0.25, 0.3) is 0 Å². The fraction of sp³-hybridized carbons (Fsp3) is 0.263. The van der Waals surface area contributed by atoms with Crippen LogP contribution in [0, 0.1) is 19.0 Å². The zero-order chi connectivity index (χ0) is 31.6. The van der Waals surface area contributed by atoms with E-state index in [0.29, 0.717) is 5.92 Å². The predicted molar refractivity (Wildman–Crippen MR) is 183 cm³/mol. The summed E-state index contributed by atoms with van der Waals surface area (Å²) in [7, 11) is -1.40. The summed E-state index contributed by atoms with van der Waals surface area (Å²) in [6, 6.07) is 33.1. The third-order valence-electron chi connectivity index (χ3n) is 8.13. The Bertz CT molecular complexity index is 1910. The standard InChI is InChI=1S/C26H28NSSi.C12H10N.Ir/c1-29(2,3)24-14-8-12-21-20-11-7-13-22(25(20)28-26(21)24)23-17-19(15-16-27-23)18-9-5-4-6-10-18;1-10-7-8-12(13-9-10)11-5-3-2-4-6-11;/h7-8,11-12,14-18H,4-6,9-10H2,1-3H3;2-5,7-9H,1H3;/q2*-1;/i;1D3;. The smallest absolute Gasteiger partial charge is 0.0794 e. The Kier molecular flexibility index (Phi) is 8.84. The van der Waals surface area contributed by atoms with E-state index in [0.717, 1.165) is 17.0 Å². The Hall–Kier alpha value is -2.95. The van der Waals surface area contributed by atoms with Gasteiger partial charge in [-0.05, 0) is 63.9 Å². The van der Waals surface area contributed by atoms with Crippen LogP contribution in [0.5, 0.6) is 0 Å². The van der Waals surface area contributed by atoms with Gasteiger partial charge in [-0.1, -0.05) is 86.3 Å². The molecule has 1 saturated carbocycles. The van der Waals surface area contributed by atoms with Crippen LogP contribution in [0.15, 0.2) is 91.3 Å². The van der Waals surface area contributed by atoms with E-state index in [4.69, 9.17) is 9.10 Å². The second kappa shape index (κ2) is 13.8. The molecule has 43 heavy (non-hydrogen) atoms. The molecule has 3 heterocycles. The molecule has 0 bridgehead atoms. The van der Waals surface area contributed by atoms with Crippen molar-refractivity contribution in [1.29, 1.82) is 0 Å². The second-order valence-electron chi connectivity index (χ2n) is 12.1. The van der Waals surface area contributed by atoms with Crippen LogP contribution in [0.3, 0.4) is 0 Å². The Labute approximate surface area is 279 Å². The van der Waals surface area contributed by atoms with E-state index in [1.807, 2.05) is 35.7 Å². The molecule has 0 N–H and O–H groups in total. The molecule has 1 fully saturated rings. The molecule has 0 spiro atoms. The van der Waals surface area contributed by atoms with E-state index >= 15 is 0 Å². The average Bonchev–Trinajstić information content (AvgIpc) is 3.44. The minimum absolute atomic E-state index is 0. The monoisotopic (exact) mass is 778 g/mol. The number of benzene rings is 3. The molecular weight excluding hydrogens is 737 g/mol. The van der Waals surface area contributed by atoms with Crippen LogP contribution < -0.4 is 5.19 Å². The number of rotatable bonds is 4. The van der Waals surface area contributed by atoms with Gasteiger partial charge in [0.1, 0.15) is 0 Å². The molecule has 0 unspecified atom stereocenters. The SMILES string of the molecule is C[Si](C)(C)c1cccc2c1sc1c(-c3cc(C4CCCCC4)ccn3)[c-]ccc12.[2H]C([2H])([2H])c1ccc(-c2[c-]cccc2)nc1.[Ir]. The van der Waals surface area contributed by atoms with E-state index in [1.54, 1.807) is 23.4 Å². The van der Waals surface area contributed by atoms with Crippen molar-refractivity contribution < 1.29 is 24.2 Å². The minimum Gasteiger partial charge on any atom is -0.305 e. The number of thiophene rings is 1. The summed E-state index contributed by atoms with van der Waals surface area (Å²) in [5, 5.41) is 4.30. The number of pyridine rings is 2. The van der Waals surface area contributed by atoms with Gasteiger partial charge in [-0.15, -0.1) is 59.7 Å². The minimum atomic E-state index is -2.09. The van der Waals surface area contributed by atoms with Gasteiger partial charge in [0, 0.05) is 41.3 Å². The molecule has 1 aliphatic rings. The Morgan fingerprint density at radius 1 is 0.814 bits per heavy atom. The maximum absolute atomic E-state index is 7.23. The molecule has 3 aromatic carbocycles. The van der Waals surface area contributed by atoms with Gasteiger partial charge in [0.2, 0.25) is 0 Å². The van der Waals surface area contributed by atoms with Gasteiger partial charge < -0.3 is 9.97 Å². The van der Waals surface area contributed by atoms with Crippen LogP contribution in [0.4, 0.5) is 0 Å². The van der Waals surface area contributed by atoms with Crippen LogP contribution in [0.1, 0.15) is 53.3 Å². The number of nitrogens with zero attached hydrogens (tertiary/aromatic N) is 2. The molecule has 6 aromatic rings. The third kappa shape index (κ3) is 7.07. The molecule has 0 aliphatic heterocycles. The second-order valence-corrected chi connectivity index (χ2v) is 18.2. The summed E-state index contributed by atoms with van der Waals surface area (Å²) in [5.41, 5.74) is 5.56. The topological polar surface area (TPSA) is 25.8 Å². The zero-order valence-electron chi connectivity index (χ0n) is 27.9. The molecular formula is C38H38IrN2SSi-2. The maximum Gasteiger partial charge on any atom is 0.0794 e. The average molecular weight is 778 g/mol. The molecule has 2 nitrogen and oxygen atoms in total. The quantitative estimate of drug-likeness (QED) is 0.132. The van der Waals surface area contributed by atoms with Crippen LogP contribution in [-0.2, 0) is 20.1 Å². The van der Waals surface area contributed by atoms with Crippen molar-refractivity contribution in [3.05, 3.63) is 115 Å². The molecule has 0 atom stereocenters. The van der Waals surface area contributed by atoms with Gasteiger partial charge >= 0.3 is 0 Å². The van der Waals surface area contributed by atoms with Crippen molar-refractivity contribution >= 4 is 44.8 Å². The molecule has 5 heteroatoms. The zero-order valence-corrected chi connectivity index (χ0v) is 29.1. The first kappa shape index (κ1) is 27.6. The molecule has 0 amide bonds. The summed E-state index contributed by atoms with van der Waals surface area (Å²) in [5.74, 6) is 0.700. The summed E-state index contributed by atoms with van der Waals surface area (Å²) >= 11 is 1.94. The summed E-state index contributed by atoms with van der Waals surface area (Å²) in [6.07, 6.45) is 10.2. The normalized spacial score (nSPS) is 15.1. The summed E-state index contributed by atoms with van der Waals surface area (Å²) in [4.78, 5) is 8.90. The van der Waals surface area contributed by atoms with E-state index < -0.39 is 14.9 Å². The Balaban J connectivity index is 0.000000209. The van der Waals surface area contributed by atoms with E-state index in [-0.39, 0.29) is 25.7 Å². The van der Waals surface area contributed by atoms with Gasteiger partial charge in [-0.25, -0.2) is 0 Å². The van der Waals surface area contributed by atoms with Gasteiger partial charge in [-0.2, -0.15) is 11.3 Å². The molecule has 3 aromatic heterocycles. The Morgan fingerprint density at radius 2 is 1.65 bits per heavy atom. The Morgan fingerprint density at radius 3 is 2.37 bits per heavy atom. The summed E-state index contributed by atoms with van der Waals surface area (Å²) < 4.78 is 24.5. The van der Waals surface area contributed by atoms with E-state index in [2.05, 4.69) is 79.2 Å². The number of aryl methyl sites for hydroxylation is 1. The number of fused-ring (bicyclic) bond motifs is 3. The van der Waals surface area contributed by atoms with Gasteiger partial charge in [-0.3, -0.25) is 0 Å². The van der Waals surface area contributed by atoms with Crippen molar-refractivity contribution in [2.24, 2.45) is 0 Å². The molecule has 1 aliphatic carbocycles. The first-order valence-electron chi connectivity index (χ1n) is 16.4. The van der Waals surface area contributed by atoms with E-state index in [1.165, 1.54) is 69.6 Å². The van der Waals surface area contributed by atoms with E-state index in [9.17, 15) is 0 Å². The van der Waals surface area contributed by atoms with Crippen molar-refractivity contribution in [3.63, 3.8) is 0 Å². The van der Waals surface area contributed by atoms with Crippen LogP contribution in [-0.4, -0.2) is 18.0 Å². The number of aromatic nitrogens is 2. The van der Waals surface area contributed by atoms with Crippen LogP contribution in [0.2, 0.25) is 19.6 Å². The third-order valence-corrected chi connectivity index (χ3v) is 11.6.